The molecule has 7 nitrogen and oxygen atoms in total. The van der Waals surface area contributed by atoms with Crippen molar-refractivity contribution >= 4 is 17.4 Å². The molecule has 31 heavy (non-hydrogen) atoms. The Labute approximate surface area is 182 Å². The summed E-state index contributed by atoms with van der Waals surface area (Å²) < 4.78 is 10.9. The first-order chi connectivity index (χ1) is 15.1. The highest BCUT2D eigenvalue weighted by Gasteiger charge is 2.14. The molecule has 0 bridgehead atoms. The van der Waals surface area contributed by atoms with Crippen LogP contribution in [-0.4, -0.2) is 42.9 Å². The molecule has 2 aromatic carbocycles. The van der Waals surface area contributed by atoms with Crippen LogP contribution in [0.3, 0.4) is 0 Å². The number of ether oxygens (including phenoxy) is 2. The second-order valence-electron chi connectivity index (χ2n) is 7.54. The number of rotatable bonds is 7. The third-order valence-electron chi connectivity index (χ3n) is 5.20. The number of hydrogen-bond acceptors (Lipinski definition) is 6. The zero-order valence-electron chi connectivity index (χ0n) is 17.8. The molecular formula is C24H26N4O3. The van der Waals surface area contributed by atoms with E-state index in [-0.39, 0.29) is 12.5 Å². The normalized spacial score (nSPS) is 13.2. The van der Waals surface area contributed by atoms with Crippen LogP contribution in [0.15, 0.2) is 54.6 Å². The molecule has 0 radical (unpaired) electrons. The Balaban J connectivity index is 1.38. The van der Waals surface area contributed by atoms with E-state index in [1.165, 1.54) is 12.8 Å². The van der Waals surface area contributed by atoms with Crippen molar-refractivity contribution in [1.82, 2.24) is 10.2 Å². The maximum atomic E-state index is 12.4. The number of hydrogen-bond donors (Lipinski definition) is 1. The molecule has 2 heterocycles. The van der Waals surface area contributed by atoms with E-state index in [1.807, 2.05) is 55.5 Å². The van der Waals surface area contributed by atoms with Gasteiger partial charge in [0, 0.05) is 24.3 Å². The topological polar surface area (TPSA) is 76.6 Å². The van der Waals surface area contributed by atoms with Crippen molar-refractivity contribution in [3.63, 3.8) is 0 Å². The molecule has 1 aliphatic heterocycles. The number of amides is 1. The number of methoxy groups -OCH3 is 1. The Hall–Kier alpha value is -3.61. The predicted octanol–water partition coefficient (Wildman–Crippen LogP) is 4.08. The van der Waals surface area contributed by atoms with E-state index in [9.17, 15) is 4.79 Å². The highest BCUT2D eigenvalue weighted by molar-refractivity contribution is 5.92. The van der Waals surface area contributed by atoms with Gasteiger partial charge in [-0.3, -0.25) is 4.79 Å². The maximum absolute atomic E-state index is 12.4. The van der Waals surface area contributed by atoms with Crippen LogP contribution in [0, 0.1) is 6.92 Å². The zero-order chi connectivity index (χ0) is 21.6. The molecule has 0 saturated carbocycles. The molecule has 7 heteroatoms. The minimum Gasteiger partial charge on any atom is -0.493 e. The summed E-state index contributed by atoms with van der Waals surface area (Å²) in [7, 11) is 1.58. The number of benzene rings is 2. The molecule has 3 aromatic rings. The highest BCUT2D eigenvalue weighted by Crippen LogP contribution is 2.28. The monoisotopic (exact) mass is 418 g/mol. The summed E-state index contributed by atoms with van der Waals surface area (Å²) in [5.74, 6) is 1.79. The van der Waals surface area contributed by atoms with Crippen LogP contribution >= 0.6 is 0 Å². The molecule has 0 aliphatic carbocycles. The Bertz CT molecular complexity index is 1050. The Morgan fingerprint density at radius 1 is 1.03 bits per heavy atom. The van der Waals surface area contributed by atoms with Crippen molar-refractivity contribution in [2.75, 3.05) is 37.0 Å². The van der Waals surface area contributed by atoms with Crippen molar-refractivity contribution < 1.29 is 14.3 Å². The Kier molecular flexibility index (Phi) is 6.31. The van der Waals surface area contributed by atoms with Crippen LogP contribution in [0.4, 0.5) is 11.5 Å². The molecule has 0 spiro atoms. The number of carbonyl (C=O) groups is 1. The zero-order valence-corrected chi connectivity index (χ0v) is 17.8. The standard InChI is InChI=1S/C24H26N4O3/c1-17-8-10-21(22(14-17)30-2)31-16-24(29)25-19-7-5-6-18(15-19)20-9-11-23(27-26-20)28-12-3-4-13-28/h5-11,14-15H,3-4,12-13,16H2,1-2H3,(H,25,29). The fourth-order valence-electron chi connectivity index (χ4n) is 3.58. The fourth-order valence-corrected chi connectivity index (χ4v) is 3.58. The number of carbonyl (C=O) groups excluding carboxylic acids is 1. The Morgan fingerprint density at radius 3 is 2.61 bits per heavy atom. The average Bonchev–Trinajstić information content (AvgIpc) is 3.33. The van der Waals surface area contributed by atoms with Gasteiger partial charge in [-0.05, 0) is 61.7 Å². The number of nitrogens with zero attached hydrogens (tertiary/aromatic N) is 3. The van der Waals surface area contributed by atoms with Crippen LogP contribution in [0.25, 0.3) is 11.3 Å². The van der Waals surface area contributed by atoms with Gasteiger partial charge in [-0.1, -0.05) is 18.2 Å². The number of anilines is 2. The molecule has 1 saturated heterocycles. The van der Waals surface area contributed by atoms with E-state index in [4.69, 9.17) is 9.47 Å². The van der Waals surface area contributed by atoms with Crippen molar-refractivity contribution in [1.29, 1.82) is 0 Å². The molecule has 1 N–H and O–H groups in total. The maximum Gasteiger partial charge on any atom is 0.262 e. The lowest BCUT2D eigenvalue weighted by molar-refractivity contribution is -0.118. The van der Waals surface area contributed by atoms with Gasteiger partial charge >= 0.3 is 0 Å². The minimum atomic E-state index is -0.254. The van der Waals surface area contributed by atoms with Gasteiger partial charge < -0.3 is 19.7 Å². The van der Waals surface area contributed by atoms with Crippen LogP contribution in [0.5, 0.6) is 11.5 Å². The first-order valence-corrected chi connectivity index (χ1v) is 10.4. The summed E-state index contributed by atoms with van der Waals surface area (Å²) in [6.07, 6.45) is 2.40. The van der Waals surface area contributed by atoms with Gasteiger partial charge in [-0.2, -0.15) is 0 Å². The highest BCUT2D eigenvalue weighted by atomic mass is 16.5. The van der Waals surface area contributed by atoms with Crippen LogP contribution in [0.1, 0.15) is 18.4 Å². The summed E-state index contributed by atoms with van der Waals surface area (Å²) in [5.41, 5.74) is 3.38. The SMILES string of the molecule is COc1cc(C)ccc1OCC(=O)Nc1cccc(-c2ccc(N3CCCC3)nn2)c1. The Morgan fingerprint density at radius 2 is 1.87 bits per heavy atom. The van der Waals surface area contributed by atoms with E-state index >= 15 is 0 Å². The lowest BCUT2D eigenvalue weighted by Gasteiger charge is -2.15. The molecule has 1 fully saturated rings. The summed E-state index contributed by atoms with van der Waals surface area (Å²) in [5, 5.41) is 11.6. The third-order valence-corrected chi connectivity index (χ3v) is 5.20. The quantitative estimate of drug-likeness (QED) is 0.623. The van der Waals surface area contributed by atoms with E-state index < -0.39 is 0 Å². The van der Waals surface area contributed by atoms with E-state index in [1.54, 1.807) is 13.2 Å². The van der Waals surface area contributed by atoms with E-state index in [2.05, 4.69) is 20.4 Å². The van der Waals surface area contributed by atoms with E-state index in [0.717, 1.165) is 35.7 Å². The lowest BCUT2D eigenvalue weighted by Crippen LogP contribution is -2.20. The van der Waals surface area contributed by atoms with Gasteiger partial charge in [0.15, 0.2) is 23.9 Å². The number of nitrogens with one attached hydrogen (secondary N) is 1. The predicted molar refractivity (Wildman–Crippen MR) is 121 cm³/mol. The van der Waals surface area contributed by atoms with Gasteiger partial charge in [0.05, 0.1) is 12.8 Å². The van der Waals surface area contributed by atoms with Crippen LogP contribution in [0.2, 0.25) is 0 Å². The van der Waals surface area contributed by atoms with Gasteiger partial charge in [0.2, 0.25) is 0 Å². The second kappa shape index (κ2) is 9.47. The molecule has 1 aliphatic rings. The van der Waals surface area contributed by atoms with Crippen molar-refractivity contribution in [3.8, 4) is 22.8 Å². The second-order valence-corrected chi connectivity index (χ2v) is 7.54. The van der Waals surface area contributed by atoms with Crippen molar-refractivity contribution in [2.24, 2.45) is 0 Å². The van der Waals surface area contributed by atoms with Gasteiger partial charge in [0.25, 0.3) is 5.91 Å². The van der Waals surface area contributed by atoms with Gasteiger partial charge in [-0.25, -0.2) is 0 Å². The first kappa shape index (κ1) is 20.7. The van der Waals surface area contributed by atoms with Crippen molar-refractivity contribution in [3.05, 3.63) is 60.2 Å². The van der Waals surface area contributed by atoms with Gasteiger partial charge in [0.1, 0.15) is 0 Å². The molecule has 4 rings (SSSR count). The molecule has 1 amide bonds. The fraction of sp³-hybridized carbons (Fsp3) is 0.292. The largest absolute Gasteiger partial charge is 0.493 e. The van der Waals surface area contributed by atoms with Crippen LogP contribution in [-0.2, 0) is 4.79 Å². The molecule has 0 unspecified atom stereocenters. The van der Waals surface area contributed by atoms with Gasteiger partial charge in [-0.15, -0.1) is 10.2 Å². The average molecular weight is 418 g/mol. The molecule has 0 atom stereocenters. The van der Waals surface area contributed by atoms with Crippen LogP contribution < -0.4 is 19.7 Å². The number of aryl methyl sites for hydroxylation is 1. The minimum absolute atomic E-state index is 0.117. The summed E-state index contributed by atoms with van der Waals surface area (Å²) in [4.78, 5) is 14.6. The summed E-state index contributed by atoms with van der Waals surface area (Å²) in [6, 6.07) is 17.1. The molecule has 160 valence electrons. The van der Waals surface area contributed by atoms with E-state index in [0.29, 0.717) is 17.2 Å². The summed E-state index contributed by atoms with van der Waals surface area (Å²) in [6.45, 7) is 3.92. The first-order valence-electron chi connectivity index (χ1n) is 10.4. The smallest absolute Gasteiger partial charge is 0.262 e. The summed E-state index contributed by atoms with van der Waals surface area (Å²) >= 11 is 0. The molecular weight excluding hydrogens is 392 g/mol. The number of aromatic nitrogens is 2. The van der Waals surface area contributed by atoms with Crippen molar-refractivity contribution in [2.45, 2.75) is 19.8 Å². The third kappa shape index (κ3) is 5.12. The molecule has 1 aromatic heterocycles. The lowest BCUT2D eigenvalue weighted by atomic mass is 10.1.